The van der Waals surface area contributed by atoms with Gasteiger partial charge in [-0.3, -0.25) is 4.79 Å². The predicted octanol–water partition coefficient (Wildman–Crippen LogP) is 3.67. The van der Waals surface area contributed by atoms with Gasteiger partial charge < -0.3 is 5.32 Å². The van der Waals surface area contributed by atoms with E-state index in [0.717, 1.165) is 38.5 Å². The van der Waals surface area contributed by atoms with Crippen LogP contribution in [0.3, 0.4) is 0 Å². The van der Waals surface area contributed by atoms with E-state index < -0.39 is 10.0 Å². The summed E-state index contributed by atoms with van der Waals surface area (Å²) >= 11 is 5.86. The summed E-state index contributed by atoms with van der Waals surface area (Å²) in [6, 6.07) is 10.8. The van der Waals surface area contributed by atoms with Crippen LogP contribution in [0.15, 0.2) is 36.4 Å². The van der Waals surface area contributed by atoms with Crippen molar-refractivity contribution in [3.8, 4) is 0 Å². The summed E-state index contributed by atoms with van der Waals surface area (Å²) in [4.78, 5) is 12.5. The fourth-order valence-electron chi connectivity index (χ4n) is 2.80. The van der Waals surface area contributed by atoms with Gasteiger partial charge in [-0.1, -0.05) is 41.4 Å². The second-order valence-corrected chi connectivity index (χ2v) is 8.90. The third kappa shape index (κ3) is 5.56. The monoisotopic (exact) mass is 394 g/mol. The van der Waals surface area contributed by atoms with Gasteiger partial charge >= 0.3 is 0 Å². The molecule has 0 unspecified atom stereocenters. The van der Waals surface area contributed by atoms with Crippen LogP contribution in [0.25, 0.3) is 0 Å². The predicted molar refractivity (Wildman–Crippen MR) is 106 cm³/mol. The van der Waals surface area contributed by atoms with Crippen molar-refractivity contribution in [2.24, 2.45) is 0 Å². The van der Waals surface area contributed by atoms with Crippen LogP contribution in [-0.4, -0.2) is 31.4 Å². The van der Waals surface area contributed by atoms with Crippen molar-refractivity contribution >= 4 is 33.2 Å². The van der Waals surface area contributed by atoms with E-state index >= 15 is 0 Å². The summed E-state index contributed by atoms with van der Waals surface area (Å²) in [7, 11) is -3.55. The summed E-state index contributed by atoms with van der Waals surface area (Å²) in [5.74, 6) is -0.376. The van der Waals surface area contributed by atoms with Crippen molar-refractivity contribution in [1.29, 1.82) is 0 Å². The van der Waals surface area contributed by atoms with E-state index in [-0.39, 0.29) is 19.0 Å². The highest BCUT2D eigenvalue weighted by molar-refractivity contribution is 7.88. The maximum Gasteiger partial charge on any atom is 0.239 e. The molecule has 0 aliphatic carbocycles. The van der Waals surface area contributed by atoms with E-state index in [4.69, 9.17) is 11.6 Å². The minimum Gasteiger partial charge on any atom is -0.324 e. The van der Waals surface area contributed by atoms with Gasteiger partial charge in [0.05, 0.1) is 12.8 Å². The molecule has 0 saturated carbocycles. The number of benzene rings is 2. The largest absolute Gasteiger partial charge is 0.324 e. The van der Waals surface area contributed by atoms with E-state index in [1.165, 1.54) is 0 Å². The fourth-order valence-corrected chi connectivity index (χ4v) is 3.66. The van der Waals surface area contributed by atoms with Crippen molar-refractivity contribution < 1.29 is 13.2 Å². The molecule has 0 aromatic heterocycles. The number of aryl methyl sites for hydroxylation is 3. The first-order valence-corrected chi connectivity index (χ1v) is 10.4. The van der Waals surface area contributed by atoms with Gasteiger partial charge in [0.1, 0.15) is 0 Å². The Balaban J connectivity index is 2.16. The Kier molecular flexibility index (Phi) is 6.44. The quantitative estimate of drug-likeness (QED) is 0.812. The molecule has 2 rings (SSSR count). The molecule has 140 valence electrons. The van der Waals surface area contributed by atoms with Crippen LogP contribution in [0.1, 0.15) is 22.3 Å². The zero-order valence-electron chi connectivity index (χ0n) is 15.3. The second-order valence-electron chi connectivity index (χ2n) is 6.48. The number of hydrogen-bond donors (Lipinski definition) is 1. The summed E-state index contributed by atoms with van der Waals surface area (Å²) < 4.78 is 25.3. The van der Waals surface area contributed by atoms with Crippen LogP contribution in [0, 0.1) is 20.8 Å². The Morgan fingerprint density at radius 3 is 2.12 bits per heavy atom. The minimum atomic E-state index is -3.55. The number of nitrogens with one attached hydrogen (secondary N) is 1. The topological polar surface area (TPSA) is 66.5 Å². The summed E-state index contributed by atoms with van der Waals surface area (Å²) in [6.45, 7) is 5.67. The number of halogens is 1. The van der Waals surface area contributed by atoms with Crippen LogP contribution in [0.5, 0.6) is 0 Å². The average molecular weight is 395 g/mol. The second kappa shape index (κ2) is 8.20. The molecule has 2 aromatic rings. The standard InChI is InChI=1S/C19H23ClN2O3S/c1-13-9-14(2)19(15(3)10-13)21-18(23)12-22(26(4,24)25)11-16-5-7-17(20)8-6-16/h5-10H,11-12H2,1-4H3,(H,21,23). The maximum absolute atomic E-state index is 12.5. The lowest BCUT2D eigenvalue weighted by Crippen LogP contribution is -2.37. The molecule has 0 bridgehead atoms. The van der Waals surface area contributed by atoms with Gasteiger partial charge in [-0.15, -0.1) is 0 Å². The summed E-state index contributed by atoms with van der Waals surface area (Å²) in [5, 5.41) is 3.41. The van der Waals surface area contributed by atoms with Gasteiger partial charge in [0.2, 0.25) is 15.9 Å². The van der Waals surface area contributed by atoms with Crippen molar-refractivity contribution in [3.63, 3.8) is 0 Å². The van der Waals surface area contributed by atoms with Gasteiger partial charge in [0, 0.05) is 17.3 Å². The molecular weight excluding hydrogens is 372 g/mol. The molecule has 1 amide bonds. The van der Waals surface area contributed by atoms with E-state index in [9.17, 15) is 13.2 Å². The normalized spacial score (nSPS) is 11.6. The highest BCUT2D eigenvalue weighted by atomic mass is 35.5. The van der Waals surface area contributed by atoms with Crippen molar-refractivity contribution in [3.05, 3.63) is 63.7 Å². The number of rotatable bonds is 6. The molecule has 0 aliphatic rings. The zero-order chi connectivity index (χ0) is 19.5. The lowest BCUT2D eigenvalue weighted by Gasteiger charge is -2.20. The summed E-state index contributed by atoms with van der Waals surface area (Å²) in [6.07, 6.45) is 1.10. The molecule has 5 nitrogen and oxygen atoms in total. The molecule has 26 heavy (non-hydrogen) atoms. The van der Waals surface area contributed by atoms with Crippen LogP contribution in [-0.2, 0) is 21.4 Å². The maximum atomic E-state index is 12.5. The van der Waals surface area contributed by atoms with E-state index in [1.807, 2.05) is 32.9 Å². The van der Waals surface area contributed by atoms with Crippen LogP contribution in [0.4, 0.5) is 5.69 Å². The van der Waals surface area contributed by atoms with E-state index in [2.05, 4.69) is 5.32 Å². The number of anilines is 1. The number of carbonyl (C=O) groups is 1. The van der Waals surface area contributed by atoms with E-state index in [1.54, 1.807) is 24.3 Å². The molecule has 0 heterocycles. The van der Waals surface area contributed by atoms with Crippen molar-refractivity contribution in [2.45, 2.75) is 27.3 Å². The number of amides is 1. The number of hydrogen-bond acceptors (Lipinski definition) is 3. The molecule has 0 spiro atoms. The van der Waals surface area contributed by atoms with Crippen molar-refractivity contribution in [2.75, 3.05) is 18.1 Å². The average Bonchev–Trinajstić information content (AvgIpc) is 2.51. The van der Waals surface area contributed by atoms with Gasteiger partial charge in [0.15, 0.2) is 0 Å². The number of sulfonamides is 1. The molecule has 0 fully saturated rings. The SMILES string of the molecule is Cc1cc(C)c(NC(=O)CN(Cc2ccc(Cl)cc2)S(C)(=O)=O)c(C)c1. The first-order chi connectivity index (χ1) is 12.1. The Morgan fingerprint density at radius 1 is 1.08 bits per heavy atom. The molecule has 0 atom stereocenters. The Morgan fingerprint density at radius 2 is 1.62 bits per heavy atom. The fraction of sp³-hybridized carbons (Fsp3) is 0.316. The molecule has 7 heteroatoms. The first-order valence-electron chi connectivity index (χ1n) is 8.13. The number of carbonyl (C=O) groups excluding carboxylic acids is 1. The minimum absolute atomic E-state index is 0.106. The third-order valence-electron chi connectivity index (χ3n) is 4.00. The van der Waals surface area contributed by atoms with Crippen LogP contribution < -0.4 is 5.32 Å². The molecule has 0 radical (unpaired) electrons. The molecular formula is C19H23ClN2O3S. The Labute approximate surface area is 160 Å². The lowest BCUT2D eigenvalue weighted by atomic mass is 10.1. The Hall–Kier alpha value is -1.89. The highest BCUT2D eigenvalue weighted by Crippen LogP contribution is 2.22. The molecule has 0 saturated heterocycles. The smallest absolute Gasteiger partial charge is 0.239 e. The third-order valence-corrected chi connectivity index (χ3v) is 5.45. The van der Waals surface area contributed by atoms with Crippen molar-refractivity contribution in [1.82, 2.24) is 4.31 Å². The molecule has 1 N–H and O–H groups in total. The van der Waals surface area contributed by atoms with E-state index in [0.29, 0.717) is 5.02 Å². The zero-order valence-corrected chi connectivity index (χ0v) is 16.9. The highest BCUT2D eigenvalue weighted by Gasteiger charge is 2.21. The first kappa shape index (κ1) is 20.4. The Bertz CT molecular complexity index is 886. The van der Waals surface area contributed by atoms with Gasteiger partial charge in [-0.05, 0) is 49.6 Å². The van der Waals surface area contributed by atoms with Gasteiger partial charge in [-0.25, -0.2) is 8.42 Å². The molecule has 2 aromatic carbocycles. The summed E-state index contributed by atoms with van der Waals surface area (Å²) in [5.41, 5.74) is 4.48. The van der Waals surface area contributed by atoms with Crippen LogP contribution >= 0.6 is 11.6 Å². The van der Waals surface area contributed by atoms with Crippen LogP contribution in [0.2, 0.25) is 5.02 Å². The lowest BCUT2D eigenvalue weighted by molar-refractivity contribution is -0.116. The van der Waals surface area contributed by atoms with Gasteiger partial charge in [0.25, 0.3) is 0 Å². The number of nitrogens with zero attached hydrogens (tertiary/aromatic N) is 1. The van der Waals surface area contributed by atoms with Gasteiger partial charge in [-0.2, -0.15) is 4.31 Å². The molecule has 0 aliphatic heterocycles.